The molecule has 4 heteroatoms. The Balaban J connectivity index is 2.20. The molecule has 0 aliphatic rings. The van der Waals surface area contributed by atoms with Gasteiger partial charge in [-0.1, -0.05) is 6.92 Å². The van der Waals surface area contributed by atoms with Crippen LogP contribution in [0, 0.1) is 6.92 Å². The van der Waals surface area contributed by atoms with E-state index in [-0.39, 0.29) is 0 Å². The van der Waals surface area contributed by atoms with Gasteiger partial charge in [-0.2, -0.15) is 0 Å². The molecule has 0 saturated carbocycles. The highest BCUT2D eigenvalue weighted by Gasteiger charge is 2.08. The Hall–Kier alpha value is -1.68. The van der Waals surface area contributed by atoms with Gasteiger partial charge in [-0.05, 0) is 37.6 Å². The molecule has 2 rings (SSSR count). The molecule has 0 N–H and O–H groups in total. The lowest BCUT2D eigenvalue weighted by molar-refractivity contribution is 0.112. The van der Waals surface area contributed by atoms with Crippen LogP contribution in [0.15, 0.2) is 24.3 Å². The van der Waals surface area contributed by atoms with Gasteiger partial charge in [0, 0.05) is 5.56 Å². The van der Waals surface area contributed by atoms with E-state index in [0.29, 0.717) is 4.88 Å². The molecule has 0 aliphatic carbocycles. The van der Waals surface area contributed by atoms with Crippen LogP contribution < -0.4 is 4.74 Å². The fraction of sp³-hybridized carbons (Fsp3) is 0.286. The summed E-state index contributed by atoms with van der Waals surface area (Å²) in [7, 11) is 0. The van der Waals surface area contributed by atoms with Crippen LogP contribution in [-0.4, -0.2) is 17.9 Å². The fourth-order valence-corrected chi connectivity index (χ4v) is 2.44. The second-order valence-electron chi connectivity index (χ2n) is 3.96. The number of carbonyl (C=O) groups is 1. The first kappa shape index (κ1) is 12.8. The first-order valence-corrected chi connectivity index (χ1v) is 6.72. The minimum absolute atomic E-state index is 0.691. The minimum atomic E-state index is 0.691. The van der Waals surface area contributed by atoms with E-state index in [1.807, 2.05) is 31.2 Å². The monoisotopic (exact) mass is 261 g/mol. The first-order chi connectivity index (χ1) is 8.74. The summed E-state index contributed by atoms with van der Waals surface area (Å²) in [4.78, 5) is 15.9. The van der Waals surface area contributed by atoms with E-state index in [2.05, 4.69) is 11.9 Å². The van der Waals surface area contributed by atoms with Crippen LogP contribution in [0.1, 0.15) is 28.7 Å². The summed E-state index contributed by atoms with van der Waals surface area (Å²) in [5, 5.41) is 0.872. The summed E-state index contributed by atoms with van der Waals surface area (Å²) in [6.07, 6.45) is 1.85. The van der Waals surface area contributed by atoms with Gasteiger partial charge in [-0.25, -0.2) is 4.98 Å². The largest absolute Gasteiger partial charge is 0.494 e. The Morgan fingerprint density at radius 2 is 2.06 bits per heavy atom. The third-order valence-electron chi connectivity index (χ3n) is 2.51. The molecule has 0 saturated heterocycles. The van der Waals surface area contributed by atoms with Gasteiger partial charge >= 0.3 is 0 Å². The summed E-state index contributed by atoms with van der Waals surface area (Å²) < 4.78 is 5.52. The molecule has 0 fully saturated rings. The minimum Gasteiger partial charge on any atom is -0.494 e. The van der Waals surface area contributed by atoms with Crippen molar-refractivity contribution in [3.63, 3.8) is 0 Å². The molecular weight excluding hydrogens is 246 g/mol. The highest BCUT2D eigenvalue weighted by Crippen LogP contribution is 2.28. The summed E-state index contributed by atoms with van der Waals surface area (Å²) in [6.45, 7) is 4.65. The fourth-order valence-electron chi connectivity index (χ4n) is 1.55. The van der Waals surface area contributed by atoms with E-state index >= 15 is 0 Å². The maximum absolute atomic E-state index is 10.8. The van der Waals surface area contributed by atoms with Crippen LogP contribution in [0.4, 0.5) is 0 Å². The average molecular weight is 261 g/mol. The Kier molecular flexibility index (Phi) is 4.10. The standard InChI is InChI=1S/C14H15NO2S/c1-3-8-17-12-6-4-11(5-7-12)14-15-10(2)13(9-16)18-14/h4-7,9H,3,8H2,1-2H3. The Bertz CT molecular complexity index is 531. The van der Waals surface area contributed by atoms with Crippen molar-refractivity contribution >= 4 is 17.6 Å². The predicted octanol–water partition coefficient (Wildman–Crippen LogP) is 3.72. The van der Waals surface area contributed by atoms with E-state index in [0.717, 1.165) is 41.3 Å². The molecule has 1 heterocycles. The third kappa shape index (κ3) is 2.76. The second kappa shape index (κ2) is 5.78. The lowest BCUT2D eigenvalue weighted by Crippen LogP contribution is -1.94. The number of carbonyl (C=O) groups excluding carboxylic acids is 1. The van der Waals surface area contributed by atoms with Crippen molar-refractivity contribution in [1.29, 1.82) is 0 Å². The van der Waals surface area contributed by atoms with Crippen LogP contribution in [0.3, 0.4) is 0 Å². The molecule has 0 radical (unpaired) electrons. The van der Waals surface area contributed by atoms with Gasteiger partial charge in [0.15, 0.2) is 6.29 Å². The van der Waals surface area contributed by atoms with E-state index in [1.54, 1.807) is 0 Å². The summed E-state index contributed by atoms with van der Waals surface area (Å²) >= 11 is 1.42. The van der Waals surface area contributed by atoms with E-state index < -0.39 is 0 Å². The SMILES string of the molecule is CCCOc1ccc(-c2nc(C)c(C=O)s2)cc1. The van der Waals surface area contributed by atoms with Crippen molar-refractivity contribution < 1.29 is 9.53 Å². The van der Waals surface area contributed by atoms with Crippen molar-refractivity contribution in [2.75, 3.05) is 6.61 Å². The molecular formula is C14H15NO2S. The van der Waals surface area contributed by atoms with Gasteiger partial charge in [0.05, 0.1) is 17.2 Å². The lowest BCUT2D eigenvalue weighted by Gasteiger charge is -2.04. The average Bonchev–Trinajstić information content (AvgIpc) is 2.78. The Morgan fingerprint density at radius 1 is 1.33 bits per heavy atom. The molecule has 0 amide bonds. The Morgan fingerprint density at radius 3 is 2.61 bits per heavy atom. The highest BCUT2D eigenvalue weighted by molar-refractivity contribution is 7.16. The van der Waals surface area contributed by atoms with Crippen molar-refractivity contribution in [3.05, 3.63) is 34.8 Å². The van der Waals surface area contributed by atoms with Crippen molar-refractivity contribution in [2.45, 2.75) is 20.3 Å². The maximum Gasteiger partial charge on any atom is 0.161 e. The first-order valence-electron chi connectivity index (χ1n) is 5.90. The van der Waals surface area contributed by atoms with E-state index in [9.17, 15) is 4.79 Å². The molecule has 1 aromatic carbocycles. The predicted molar refractivity (Wildman–Crippen MR) is 73.5 cm³/mol. The Labute approximate surface area is 110 Å². The molecule has 3 nitrogen and oxygen atoms in total. The third-order valence-corrected chi connectivity index (χ3v) is 3.65. The number of ether oxygens (including phenoxy) is 1. The van der Waals surface area contributed by atoms with Gasteiger partial charge in [-0.15, -0.1) is 11.3 Å². The van der Waals surface area contributed by atoms with Crippen LogP contribution in [0.2, 0.25) is 0 Å². The molecule has 2 aromatic rings. The molecule has 0 spiro atoms. The highest BCUT2D eigenvalue weighted by atomic mass is 32.1. The summed E-state index contributed by atoms with van der Waals surface area (Å²) in [5.74, 6) is 0.865. The zero-order chi connectivity index (χ0) is 13.0. The van der Waals surface area contributed by atoms with Gasteiger partial charge in [0.1, 0.15) is 10.8 Å². The second-order valence-corrected chi connectivity index (χ2v) is 4.99. The summed E-state index contributed by atoms with van der Waals surface area (Å²) in [5.41, 5.74) is 1.80. The lowest BCUT2D eigenvalue weighted by atomic mass is 10.2. The van der Waals surface area contributed by atoms with Crippen molar-refractivity contribution in [1.82, 2.24) is 4.98 Å². The number of aldehydes is 1. The van der Waals surface area contributed by atoms with Crippen molar-refractivity contribution in [3.8, 4) is 16.3 Å². The number of thiazole rings is 1. The van der Waals surface area contributed by atoms with Gasteiger partial charge in [-0.3, -0.25) is 4.79 Å². The van der Waals surface area contributed by atoms with E-state index in [1.165, 1.54) is 11.3 Å². The van der Waals surface area contributed by atoms with Crippen LogP contribution in [-0.2, 0) is 0 Å². The molecule has 0 bridgehead atoms. The maximum atomic E-state index is 10.8. The molecule has 0 aliphatic heterocycles. The van der Waals surface area contributed by atoms with Gasteiger partial charge < -0.3 is 4.74 Å². The molecule has 94 valence electrons. The van der Waals surface area contributed by atoms with Crippen molar-refractivity contribution in [2.24, 2.45) is 0 Å². The van der Waals surface area contributed by atoms with Crippen LogP contribution in [0.25, 0.3) is 10.6 Å². The normalized spacial score (nSPS) is 10.3. The van der Waals surface area contributed by atoms with Gasteiger partial charge in [0.2, 0.25) is 0 Å². The molecule has 18 heavy (non-hydrogen) atoms. The number of nitrogens with zero attached hydrogens (tertiary/aromatic N) is 1. The van der Waals surface area contributed by atoms with Crippen LogP contribution in [0.5, 0.6) is 5.75 Å². The number of rotatable bonds is 5. The zero-order valence-corrected chi connectivity index (χ0v) is 11.3. The van der Waals surface area contributed by atoms with Gasteiger partial charge in [0.25, 0.3) is 0 Å². The van der Waals surface area contributed by atoms with E-state index in [4.69, 9.17) is 4.74 Å². The topological polar surface area (TPSA) is 39.2 Å². The molecule has 1 aromatic heterocycles. The number of aromatic nitrogens is 1. The number of hydrogen-bond donors (Lipinski definition) is 0. The number of aryl methyl sites for hydroxylation is 1. The smallest absolute Gasteiger partial charge is 0.161 e. The zero-order valence-electron chi connectivity index (χ0n) is 10.5. The summed E-state index contributed by atoms with van der Waals surface area (Å²) in [6, 6.07) is 7.81. The van der Waals surface area contributed by atoms with Crippen LogP contribution >= 0.6 is 11.3 Å². The number of benzene rings is 1. The molecule has 0 unspecified atom stereocenters. The quantitative estimate of drug-likeness (QED) is 0.770. The molecule has 0 atom stereocenters. The number of hydrogen-bond acceptors (Lipinski definition) is 4.